The Hall–Kier alpha value is -8.30. The highest BCUT2D eigenvalue weighted by atomic mass is 15.1. The highest BCUT2D eigenvalue weighted by Crippen LogP contribution is 2.52. The summed E-state index contributed by atoms with van der Waals surface area (Å²) in [5.74, 6) is 13.8. The molecule has 0 fully saturated rings. The van der Waals surface area contributed by atoms with E-state index in [0.29, 0.717) is 0 Å². The largest absolute Gasteiger partial charge is 0.310 e. The Balaban J connectivity index is 0.813. The maximum absolute atomic E-state index is 3.48. The van der Waals surface area contributed by atoms with Crippen molar-refractivity contribution in [2.45, 2.75) is 52.4 Å². The van der Waals surface area contributed by atoms with Crippen molar-refractivity contribution in [3.05, 3.63) is 262 Å². The van der Waals surface area contributed by atoms with Gasteiger partial charge in [-0.15, -0.1) is 0 Å². The van der Waals surface area contributed by atoms with E-state index in [0.717, 1.165) is 56.4 Å². The molecule has 0 saturated carbocycles. The van der Waals surface area contributed by atoms with Crippen LogP contribution < -0.4 is 9.80 Å². The molecule has 68 heavy (non-hydrogen) atoms. The number of benzene rings is 9. The van der Waals surface area contributed by atoms with Crippen LogP contribution in [-0.4, -0.2) is 0 Å². The third-order valence-electron chi connectivity index (χ3n) is 14.0. The number of anilines is 6. The second kappa shape index (κ2) is 16.8. The number of hydrogen-bond acceptors (Lipinski definition) is 2. The van der Waals surface area contributed by atoms with Crippen molar-refractivity contribution < 1.29 is 0 Å². The van der Waals surface area contributed by atoms with E-state index in [1.807, 2.05) is 0 Å². The lowest BCUT2D eigenvalue weighted by atomic mass is 9.81. The minimum atomic E-state index is -0.192. The van der Waals surface area contributed by atoms with Gasteiger partial charge in [0.25, 0.3) is 0 Å². The predicted molar refractivity (Wildman–Crippen MR) is 285 cm³/mol. The van der Waals surface area contributed by atoms with Gasteiger partial charge in [-0.1, -0.05) is 136 Å². The van der Waals surface area contributed by atoms with E-state index >= 15 is 0 Å². The number of fused-ring (bicyclic) bond motifs is 6. The van der Waals surface area contributed by atoms with Crippen LogP contribution in [0, 0.1) is 37.5 Å². The second-order valence-corrected chi connectivity index (χ2v) is 19.3. The molecular weight excluding hydrogens is 821 g/mol. The number of aryl methyl sites for hydroxylation is 2. The summed E-state index contributed by atoms with van der Waals surface area (Å²) in [5, 5.41) is 0. The Morgan fingerprint density at radius 2 is 0.588 bits per heavy atom. The van der Waals surface area contributed by atoms with Gasteiger partial charge < -0.3 is 9.80 Å². The first kappa shape index (κ1) is 42.3. The molecule has 0 spiro atoms. The minimum Gasteiger partial charge on any atom is -0.310 e. The van der Waals surface area contributed by atoms with Crippen molar-refractivity contribution in [3.8, 4) is 45.9 Å². The molecule has 326 valence electrons. The zero-order chi connectivity index (χ0) is 46.6. The van der Waals surface area contributed by atoms with Gasteiger partial charge in [0.1, 0.15) is 0 Å². The van der Waals surface area contributed by atoms with Gasteiger partial charge in [0.05, 0.1) is 0 Å². The molecule has 0 aromatic heterocycles. The first-order valence-corrected chi connectivity index (χ1v) is 23.6. The fraction of sp³-hybridized carbons (Fsp3) is 0.121. The minimum absolute atomic E-state index is 0.192. The van der Waals surface area contributed by atoms with Crippen LogP contribution in [0.5, 0.6) is 0 Å². The van der Waals surface area contributed by atoms with Gasteiger partial charge in [0, 0.05) is 67.2 Å². The van der Waals surface area contributed by atoms with Crippen molar-refractivity contribution in [3.63, 3.8) is 0 Å². The van der Waals surface area contributed by atoms with Crippen LogP contribution in [-0.2, 0) is 10.8 Å². The van der Waals surface area contributed by atoms with Gasteiger partial charge in [0.2, 0.25) is 0 Å². The van der Waals surface area contributed by atoms with Crippen LogP contribution in [0.1, 0.15) is 83.3 Å². The lowest BCUT2D eigenvalue weighted by Crippen LogP contribution is -2.16. The molecule has 0 radical (unpaired) electrons. The average molecular weight is 873 g/mol. The van der Waals surface area contributed by atoms with Gasteiger partial charge in [-0.05, 0) is 191 Å². The summed E-state index contributed by atoms with van der Waals surface area (Å²) in [7, 11) is 0. The molecule has 0 bridgehead atoms. The molecule has 0 saturated heterocycles. The van der Waals surface area contributed by atoms with Gasteiger partial charge in [-0.3, -0.25) is 0 Å². The van der Waals surface area contributed by atoms with E-state index in [4.69, 9.17) is 0 Å². The summed E-state index contributed by atoms with van der Waals surface area (Å²) in [6.07, 6.45) is 0. The van der Waals surface area contributed by atoms with Gasteiger partial charge in [-0.2, -0.15) is 0 Å². The molecule has 0 amide bonds. The number of nitrogens with zero attached hydrogens (tertiary/aromatic N) is 2. The summed E-state index contributed by atoms with van der Waals surface area (Å²) < 4.78 is 0. The number of hydrogen-bond donors (Lipinski definition) is 0. The number of rotatable bonds is 6. The first-order chi connectivity index (χ1) is 33.0. The molecule has 0 N–H and O–H groups in total. The van der Waals surface area contributed by atoms with Crippen LogP contribution >= 0.6 is 0 Å². The Labute approximate surface area is 402 Å². The average Bonchev–Trinajstić information content (AvgIpc) is 3.72. The summed E-state index contributed by atoms with van der Waals surface area (Å²) in [4.78, 5) is 4.71. The van der Waals surface area contributed by atoms with Crippen LogP contribution in [0.25, 0.3) is 22.3 Å². The molecule has 0 atom stereocenters. The lowest BCUT2D eigenvalue weighted by molar-refractivity contribution is 0.660. The first-order valence-electron chi connectivity index (χ1n) is 23.6. The van der Waals surface area contributed by atoms with Crippen molar-refractivity contribution in [2.24, 2.45) is 0 Å². The third-order valence-corrected chi connectivity index (χ3v) is 14.0. The zero-order valence-corrected chi connectivity index (χ0v) is 39.5. The van der Waals surface area contributed by atoms with E-state index in [2.05, 4.69) is 281 Å². The normalized spacial score (nSPS) is 13.1. The molecule has 0 heterocycles. The highest BCUT2D eigenvalue weighted by molar-refractivity contribution is 5.88. The zero-order valence-electron chi connectivity index (χ0n) is 39.5. The monoisotopic (exact) mass is 872 g/mol. The molecule has 11 rings (SSSR count). The molecule has 0 unspecified atom stereocenters. The molecule has 2 nitrogen and oxygen atoms in total. The molecule has 2 aliphatic carbocycles. The van der Waals surface area contributed by atoms with E-state index in [-0.39, 0.29) is 10.8 Å². The van der Waals surface area contributed by atoms with Gasteiger partial charge in [-0.25, -0.2) is 0 Å². The predicted octanol–water partition coefficient (Wildman–Crippen LogP) is 16.7. The molecule has 2 heteroatoms. The fourth-order valence-electron chi connectivity index (χ4n) is 10.4. The number of para-hydroxylation sites is 2. The summed E-state index contributed by atoms with van der Waals surface area (Å²) in [6.45, 7) is 13.6. The van der Waals surface area contributed by atoms with Crippen LogP contribution in [0.2, 0.25) is 0 Å². The second-order valence-electron chi connectivity index (χ2n) is 19.3. The van der Waals surface area contributed by atoms with E-state index < -0.39 is 0 Å². The fourth-order valence-corrected chi connectivity index (χ4v) is 10.4. The summed E-state index contributed by atoms with van der Waals surface area (Å²) >= 11 is 0. The van der Waals surface area contributed by atoms with Crippen molar-refractivity contribution >= 4 is 34.1 Å². The lowest BCUT2D eigenvalue weighted by Gasteiger charge is -2.28. The molecule has 9 aromatic rings. The Bertz CT molecular complexity index is 3300. The van der Waals surface area contributed by atoms with E-state index in [1.54, 1.807) is 0 Å². The molecule has 2 aliphatic rings. The Kier molecular flexibility index (Phi) is 10.5. The maximum atomic E-state index is 3.48. The molecule has 9 aromatic carbocycles. The highest BCUT2D eigenvalue weighted by Gasteiger charge is 2.37. The van der Waals surface area contributed by atoms with Crippen LogP contribution in [0.3, 0.4) is 0 Å². The van der Waals surface area contributed by atoms with Crippen molar-refractivity contribution in [2.75, 3.05) is 9.80 Å². The van der Waals surface area contributed by atoms with Crippen molar-refractivity contribution in [1.82, 2.24) is 0 Å². The Morgan fingerprint density at radius 3 is 0.971 bits per heavy atom. The maximum Gasteiger partial charge on any atom is 0.0465 e. The van der Waals surface area contributed by atoms with E-state index in [1.165, 1.54) is 55.6 Å². The molecular formula is C66H52N2. The van der Waals surface area contributed by atoms with E-state index in [9.17, 15) is 0 Å². The summed E-state index contributed by atoms with van der Waals surface area (Å²) in [6, 6.07) is 74.3. The van der Waals surface area contributed by atoms with Crippen LogP contribution in [0.15, 0.2) is 206 Å². The SMILES string of the molecule is Cc1cccc(N(c2ccccc2)c2ccc3c(c2)C(C)(C)c2cc(C#Cc4ccc(C#Cc5ccc6c(c5)C(C)(C)c5cc(N(c7ccccc7)c7cccc(C)c7)ccc5-6)cc4)ccc2-3)c1. The van der Waals surface area contributed by atoms with Gasteiger partial charge in [0.15, 0.2) is 0 Å². The third kappa shape index (κ3) is 7.65. The summed E-state index contributed by atoms with van der Waals surface area (Å²) in [5.41, 5.74) is 23.3. The quantitative estimate of drug-likeness (QED) is 0.154. The Morgan fingerprint density at radius 1 is 0.279 bits per heavy atom. The van der Waals surface area contributed by atoms with Crippen LogP contribution in [0.4, 0.5) is 34.1 Å². The van der Waals surface area contributed by atoms with Crippen molar-refractivity contribution in [1.29, 1.82) is 0 Å². The topological polar surface area (TPSA) is 6.48 Å². The smallest absolute Gasteiger partial charge is 0.0465 e. The molecule has 0 aliphatic heterocycles. The van der Waals surface area contributed by atoms with Gasteiger partial charge >= 0.3 is 0 Å². The standard InChI is InChI=1S/C66H52N2/c1-45-15-13-21-53(39-45)67(51-17-9-7-10-18-51)55-33-37-59-57-35-31-49(41-61(57)65(3,4)63(59)43-55)29-27-47-23-25-48(26-24-47)28-30-50-32-36-58-60-38-34-56(44-64(60)66(5,6)62(58)42-50)68(52-19-11-8-12-20-52)54-22-14-16-46(2)40-54/h7-26,31-44H,1-6H3.